The monoisotopic (exact) mass is 261 g/mol. The molecule has 0 amide bonds. The van der Waals surface area contributed by atoms with E-state index in [0.29, 0.717) is 28.8 Å². The van der Waals surface area contributed by atoms with E-state index in [2.05, 4.69) is 9.97 Å². The van der Waals surface area contributed by atoms with Crippen molar-refractivity contribution in [2.75, 3.05) is 5.73 Å². The molecule has 0 fully saturated rings. The number of anilines is 1. The maximum absolute atomic E-state index is 13.1. The van der Waals surface area contributed by atoms with Crippen molar-refractivity contribution in [3.63, 3.8) is 0 Å². The zero-order valence-electron chi connectivity index (χ0n) is 11.1. The largest absolute Gasteiger partial charge is 0.438 e. The molecule has 19 heavy (non-hydrogen) atoms. The van der Waals surface area contributed by atoms with Crippen LogP contribution in [-0.4, -0.2) is 9.97 Å². The lowest BCUT2D eigenvalue weighted by atomic mass is 10.2. The van der Waals surface area contributed by atoms with Crippen LogP contribution in [0.1, 0.15) is 31.2 Å². The van der Waals surface area contributed by atoms with Gasteiger partial charge in [-0.05, 0) is 19.1 Å². The van der Waals surface area contributed by atoms with Gasteiger partial charge in [0.15, 0.2) is 0 Å². The molecule has 0 bridgehead atoms. The summed E-state index contributed by atoms with van der Waals surface area (Å²) in [5.74, 6) is 1.51. The molecule has 2 N–H and O–H groups in total. The van der Waals surface area contributed by atoms with E-state index in [1.54, 1.807) is 19.1 Å². The van der Waals surface area contributed by atoms with Crippen LogP contribution < -0.4 is 10.5 Å². The van der Waals surface area contributed by atoms with Gasteiger partial charge in [-0.1, -0.05) is 19.9 Å². The number of nitrogens with two attached hydrogens (primary N) is 1. The van der Waals surface area contributed by atoms with Gasteiger partial charge in [0.25, 0.3) is 0 Å². The molecule has 0 aliphatic carbocycles. The van der Waals surface area contributed by atoms with Crippen LogP contribution in [-0.2, 0) is 0 Å². The molecule has 2 rings (SSSR count). The molecule has 0 aliphatic heterocycles. The minimum absolute atomic E-state index is 0.137. The molecule has 0 radical (unpaired) electrons. The third-order valence-corrected chi connectivity index (χ3v) is 2.68. The van der Waals surface area contributed by atoms with Gasteiger partial charge in [0, 0.05) is 12.0 Å². The Kier molecular flexibility index (Phi) is 3.64. The maximum Gasteiger partial charge on any atom is 0.227 e. The predicted octanol–water partition coefficient (Wildman–Crippen LogP) is 3.42. The first-order valence-electron chi connectivity index (χ1n) is 6.05. The van der Waals surface area contributed by atoms with Crippen LogP contribution in [0.2, 0.25) is 0 Å². The Morgan fingerprint density at radius 1 is 1.26 bits per heavy atom. The molecule has 1 heterocycles. The fraction of sp³-hybridized carbons (Fsp3) is 0.286. The lowest BCUT2D eigenvalue weighted by molar-refractivity contribution is 0.449. The average Bonchev–Trinajstić information content (AvgIpc) is 2.34. The molecule has 0 unspecified atom stereocenters. The quantitative estimate of drug-likeness (QED) is 0.919. The minimum atomic E-state index is -0.360. The van der Waals surface area contributed by atoms with E-state index in [9.17, 15) is 4.39 Å². The molecule has 1 aromatic heterocycles. The van der Waals surface area contributed by atoms with Crippen LogP contribution in [0.15, 0.2) is 24.3 Å². The second-order valence-electron chi connectivity index (χ2n) is 4.61. The number of nitrogens with zero attached hydrogens (tertiary/aromatic N) is 2. The SMILES string of the molecule is Cc1c(N)nc(C(C)C)nc1Oc1cccc(F)c1. The fourth-order valence-corrected chi connectivity index (χ4v) is 1.53. The summed E-state index contributed by atoms with van der Waals surface area (Å²) in [6.45, 7) is 5.71. The van der Waals surface area contributed by atoms with Crippen molar-refractivity contribution in [1.82, 2.24) is 9.97 Å². The molecule has 2 aromatic rings. The normalized spacial score (nSPS) is 10.8. The van der Waals surface area contributed by atoms with Crippen LogP contribution >= 0.6 is 0 Å². The van der Waals surface area contributed by atoms with Crippen molar-refractivity contribution in [2.45, 2.75) is 26.7 Å². The molecular weight excluding hydrogens is 245 g/mol. The molecule has 0 aliphatic rings. The summed E-state index contributed by atoms with van der Waals surface area (Å²) in [5, 5.41) is 0. The highest BCUT2D eigenvalue weighted by Gasteiger charge is 2.13. The zero-order valence-corrected chi connectivity index (χ0v) is 11.1. The number of nitrogen functional groups attached to an aromatic ring is 1. The summed E-state index contributed by atoms with van der Waals surface area (Å²) in [7, 11) is 0. The van der Waals surface area contributed by atoms with Gasteiger partial charge in [-0.25, -0.2) is 9.37 Å². The van der Waals surface area contributed by atoms with Gasteiger partial charge >= 0.3 is 0 Å². The van der Waals surface area contributed by atoms with Crippen molar-refractivity contribution >= 4 is 5.82 Å². The standard InChI is InChI=1S/C14H16FN3O/c1-8(2)13-17-12(16)9(3)14(18-13)19-11-6-4-5-10(15)7-11/h4-8H,1-3H3,(H2,16,17,18). The molecule has 0 spiro atoms. The van der Waals surface area contributed by atoms with E-state index < -0.39 is 0 Å². The number of hydrogen-bond donors (Lipinski definition) is 1. The van der Waals surface area contributed by atoms with Crippen LogP contribution in [0.25, 0.3) is 0 Å². The Morgan fingerprint density at radius 3 is 2.63 bits per heavy atom. The number of aromatic nitrogens is 2. The highest BCUT2D eigenvalue weighted by atomic mass is 19.1. The Hall–Kier alpha value is -2.17. The van der Waals surface area contributed by atoms with Gasteiger partial charge in [0.05, 0.1) is 5.56 Å². The van der Waals surface area contributed by atoms with E-state index >= 15 is 0 Å². The van der Waals surface area contributed by atoms with Crippen LogP contribution in [0, 0.1) is 12.7 Å². The lowest BCUT2D eigenvalue weighted by Gasteiger charge is -2.12. The Morgan fingerprint density at radius 2 is 2.00 bits per heavy atom. The molecule has 100 valence electrons. The molecule has 1 aromatic carbocycles. The predicted molar refractivity (Wildman–Crippen MR) is 71.7 cm³/mol. The highest BCUT2D eigenvalue weighted by Crippen LogP contribution is 2.27. The summed E-state index contributed by atoms with van der Waals surface area (Å²) in [4.78, 5) is 8.53. The average molecular weight is 261 g/mol. The minimum Gasteiger partial charge on any atom is -0.438 e. The van der Waals surface area contributed by atoms with Crippen molar-refractivity contribution < 1.29 is 9.13 Å². The Bertz CT molecular complexity index is 599. The third-order valence-electron chi connectivity index (χ3n) is 2.68. The number of benzene rings is 1. The van der Waals surface area contributed by atoms with Gasteiger partial charge in [0.1, 0.15) is 23.2 Å². The summed E-state index contributed by atoms with van der Waals surface area (Å²) >= 11 is 0. The van der Waals surface area contributed by atoms with Gasteiger partial charge in [0.2, 0.25) is 5.88 Å². The second kappa shape index (κ2) is 5.22. The van der Waals surface area contributed by atoms with Crippen molar-refractivity contribution in [1.29, 1.82) is 0 Å². The summed E-state index contributed by atoms with van der Waals surface area (Å²) < 4.78 is 18.7. The molecule has 0 atom stereocenters. The summed E-state index contributed by atoms with van der Waals surface area (Å²) in [6, 6.07) is 5.89. The van der Waals surface area contributed by atoms with E-state index in [-0.39, 0.29) is 11.7 Å². The molecule has 0 saturated heterocycles. The Balaban J connectivity index is 2.39. The first-order valence-corrected chi connectivity index (χ1v) is 6.05. The van der Waals surface area contributed by atoms with Gasteiger partial charge in [-0.15, -0.1) is 0 Å². The zero-order chi connectivity index (χ0) is 14.0. The van der Waals surface area contributed by atoms with Crippen molar-refractivity contribution in [2.24, 2.45) is 0 Å². The highest BCUT2D eigenvalue weighted by molar-refractivity contribution is 5.46. The maximum atomic E-state index is 13.1. The van der Waals surface area contributed by atoms with Crippen LogP contribution in [0.3, 0.4) is 0 Å². The van der Waals surface area contributed by atoms with Crippen molar-refractivity contribution in [3.8, 4) is 11.6 Å². The molecule has 5 heteroatoms. The topological polar surface area (TPSA) is 61.0 Å². The first kappa shape index (κ1) is 13.3. The Labute approximate surface area is 111 Å². The van der Waals surface area contributed by atoms with E-state index in [4.69, 9.17) is 10.5 Å². The second-order valence-corrected chi connectivity index (χ2v) is 4.61. The molecular formula is C14H16FN3O. The molecule has 0 saturated carbocycles. The van der Waals surface area contributed by atoms with Gasteiger partial charge in [-0.2, -0.15) is 4.98 Å². The molecule has 4 nitrogen and oxygen atoms in total. The van der Waals surface area contributed by atoms with E-state index in [0.717, 1.165) is 0 Å². The lowest BCUT2D eigenvalue weighted by Crippen LogP contribution is -2.06. The van der Waals surface area contributed by atoms with Gasteiger partial charge < -0.3 is 10.5 Å². The number of halogens is 1. The fourth-order valence-electron chi connectivity index (χ4n) is 1.53. The number of ether oxygens (including phenoxy) is 1. The van der Waals surface area contributed by atoms with Crippen LogP contribution in [0.5, 0.6) is 11.6 Å². The summed E-state index contributed by atoms with van der Waals surface area (Å²) in [6.07, 6.45) is 0. The first-order chi connectivity index (χ1) is 8.97. The van der Waals surface area contributed by atoms with Crippen molar-refractivity contribution in [3.05, 3.63) is 41.5 Å². The number of hydrogen-bond acceptors (Lipinski definition) is 4. The third kappa shape index (κ3) is 2.99. The number of rotatable bonds is 3. The van der Waals surface area contributed by atoms with E-state index in [1.165, 1.54) is 12.1 Å². The van der Waals surface area contributed by atoms with Gasteiger partial charge in [-0.3, -0.25) is 0 Å². The van der Waals surface area contributed by atoms with Crippen LogP contribution in [0.4, 0.5) is 10.2 Å². The summed E-state index contributed by atoms with van der Waals surface area (Å²) in [5.41, 5.74) is 6.48. The smallest absolute Gasteiger partial charge is 0.227 e. The van der Waals surface area contributed by atoms with E-state index in [1.807, 2.05) is 13.8 Å².